The van der Waals surface area contributed by atoms with Crippen LogP contribution in [0.4, 0.5) is 0 Å². The predicted molar refractivity (Wildman–Crippen MR) is 103 cm³/mol. The van der Waals surface area contributed by atoms with Gasteiger partial charge < -0.3 is 4.84 Å². The van der Waals surface area contributed by atoms with Gasteiger partial charge in [0.2, 0.25) is 0 Å². The van der Waals surface area contributed by atoms with Gasteiger partial charge in [0.15, 0.2) is 0 Å². The minimum Gasteiger partial charge on any atom is -0.395 e. The van der Waals surface area contributed by atoms with E-state index in [0.29, 0.717) is 17.5 Å². The Morgan fingerprint density at radius 1 is 1.04 bits per heavy atom. The number of hydrogen-bond acceptors (Lipinski definition) is 3. The zero-order chi connectivity index (χ0) is 17.8. The molecule has 0 radical (unpaired) electrons. The van der Waals surface area contributed by atoms with Gasteiger partial charge in [-0.15, -0.1) is 0 Å². The molecule has 4 rings (SSSR count). The van der Waals surface area contributed by atoms with Gasteiger partial charge in [0.05, 0.1) is 0 Å². The van der Waals surface area contributed by atoms with Gasteiger partial charge in [-0.2, -0.15) is 5.10 Å². The average molecular weight is 366 g/mol. The summed E-state index contributed by atoms with van der Waals surface area (Å²) in [5.74, 6) is 0.290. The molecule has 0 spiro atoms. The topological polar surface area (TPSA) is 39.4 Å². The van der Waals surface area contributed by atoms with Crippen LogP contribution in [0.15, 0.2) is 78.2 Å². The standard InChI is InChI=1S/C21H20ClN3O/c22-19-11-9-17(10-12-19)20-21(25-14-4-13-23-25)18(15-26-24-20)8-7-16-5-2-1-3-6-16/h1-6,9-14,18,21H,7-8,15H2. The Morgan fingerprint density at radius 3 is 2.58 bits per heavy atom. The Kier molecular flexibility index (Phi) is 5.02. The molecule has 26 heavy (non-hydrogen) atoms. The highest BCUT2D eigenvalue weighted by Gasteiger charge is 2.33. The molecule has 1 aromatic heterocycles. The molecule has 132 valence electrons. The second kappa shape index (κ2) is 7.75. The van der Waals surface area contributed by atoms with E-state index in [1.165, 1.54) is 5.56 Å². The van der Waals surface area contributed by atoms with Crippen LogP contribution < -0.4 is 0 Å². The number of rotatable bonds is 5. The quantitative estimate of drug-likeness (QED) is 0.653. The van der Waals surface area contributed by atoms with E-state index in [-0.39, 0.29) is 6.04 Å². The molecule has 0 N–H and O–H groups in total. The van der Waals surface area contributed by atoms with Gasteiger partial charge in [-0.25, -0.2) is 0 Å². The highest BCUT2D eigenvalue weighted by atomic mass is 35.5. The summed E-state index contributed by atoms with van der Waals surface area (Å²) in [7, 11) is 0. The number of benzene rings is 2. The van der Waals surface area contributed by atoms with Crippen molar-refractivity contribution in [1.29, 1.82) is 0 Å². The minimum absolute atomic E-state index is 0.0450. The molecule has 3 aromatic rings. The third-order valence-electron chi connectivity index (χ3n) is 4.77. The predicted octanol–water partition coefficient (Wildman–Crippen LogP) is 4.76. The van der Waals surface area contributed by atoms with Gasteiger partial charge in [0.25, 0.3) is 0 Å². The molecular weight excluding hydrogens is 346 g/mol. The minimum atomic E-state index is 0.0450. The van der Waals surface area contributed by atoms with Crippen molar-refractivity contribution in [2.24, 2.45) is 11.1 Å². The summed E-state index contributed by atoms with van der Waals surface area (Å²) >= 11 is 6.04. The number of aromatic nitrogens is 2. The maximum Gasteiger partial charge on any atom is 0.122 e. The Morgan fingerprint density at radius 2 is 1.85 bits per heavy atom. The zero-order valence-electron chi connectivity index (χ0n) is 14.3. The van der Waals surface area contributed by atoms with Gasteiger partial charge in [-0.05, 0) is 36.6 Å². The lowest BCUT2D eigenvalue weighted by Gasteiger charge is -2.31. The van der Waals surface area contributed by atoms with Crippen molar-refractivity contribution in [3.63, 3.8) is 0 Å². The first-order valence-electron chi connectivity index (χ1n) is 8.80. The molecular formula is C21H20ClN3O. The van der Waals surface area contributed by atoms with E-state index in [4.69, 9.17) is 16.4 Å². The van der Waals surface area contributed by atoms with Gasteiger partial charge >= 0.3 is 0 Å². The maximum atomic E-state index is 6.04. The van der Waals surface area contributed by atoms with Crippen LogP contribution in [0, 0.1) is 5.92 Å². The summed E-state index contributed by atoms with van der Waals surface area (Å²) in [6.45, 7) is 0.592. The largest absolute Gasteiger partial charge is 0.395 e. The Hall–Kier alpha value is -2.59. The molecule has 2 atom stereocenters. The van der Waals surface area contributed by atoms with E-state index in [2.05, 4.69) is 34.5 Å². The molecule has 4 nitrogen and oxygen atoms in total. The molecule has 0 saturated heterocycles. The Bertz CT molecular complexity index is 860. The van der Waals surface area contributed by atoms with E-state index in [1.807, 2.05) is 53.5 Å². The van der Waals surface area contributed by atoms with Crippen molar-refractivity contribution in [1.82, 2.24) is 9.78 Å². The first-order valence-corrected chi connectivity index (χ1v) is 9.18. The third kappa shape index (κ3) is 3.65. The average Bonchev–Trinajstić information content (AvgIpc) is 3.22. The van der Waals surface area contributed by atoms with E-state index < -0.39 is 0 Å². The number of nitrogens with zero attached hydrogens (tertiary/aromatic N) is 3. The van der Waals surface area contributed by atoms with E-state index in [1.54, 1.807) is 0 Å². The van der Waals surface area contributed by atoms with E-state index >= 15 is 0 Å². The van der Waals surface area contributed by atoms with Crippen molar-refractivity contribution < 1.29 is 4.84 Å². The maximum absolute atomic E-state index is 6.04. The molecule has 2 aromatic carbocycles. The van der Waals surface area contributed by atoms with Crippen molar-refractivity contribution in [3.05, 3.63) is 89.2 Å². The zero-order valence-corrected chi connectivity index (χ0v) is 15.1. The van der Waals surface area contributed by atoms with Crippen LogP contribution in [0.3, 0.4) is 0 Å². The molecule has 1 aliphatic rings. The lowest BCUT2D eigenvalue weighted by atomic mass is 9.87. The smallest absolute Gasteiger partial charge is 0.122 e. The molecule has 0 fully saturated rings. The van der Waals surface area contributed by atoms with Crippen LogP contribution in [0.5, 0.6) is 0 Å². The van der Waals surface area contributed by atoms with Gasteiger partial charge in [-0.1, -0.05) is 59.2 Å². The van der Waals surface area contributed by atoms with Crippen LogP contribution in [0.1, 0.15) is 23.6 Å². The summed E-state index contributed by atoms with van der Waals surface area (Å²) in [5, 5.41) is 9.59. The molecule has 1 aliphatic heterocycles. The third-order valence-corrected chi connectivity index (χ3v) is 5.03. The summed E-state index contributed by atoms with van der Waals surface area (Å²) < 4.78 is 1.99. The van der Waals surface area contributed by atoms with Crippen LogP contribution in [-0.4, -0.2) is 22.1 Å². The monoisotopic (exact) mass is 365 g/mol. The summed E-state index contributed by atoms with van der Waals surface area (Å²) in [6, 6.07) is 20.3. The molecule has 0 bridgehead atoms. The molecule has 0 amide bonds. The van der Waals surface area contributed by atoms with E-state index in [0.717, 1.165) is 24.1 Å². The normalized spacial score (nSPS) is 19.7. The fourth-order valence-corrected chi connectivity index (χ4v) is 3.57. The molecule has 0 saturated carbocycles. The summed E-state index contributed by atoms with van der Waals surface area (Å²) in [4.78, 5) is 5.61. The fraction of sp³-hybridized carbons (Fsp3) is 0.238. The lowest BCUT2D eigenvalue weighted by Crippen LogP contribution is -2.35. The SMILES string of the molecule is Clc1ccc(C2=NOCC(CCc3ccccc3)C2n2cccn2)cc1. The highest BCUT2D eigenvalue weighted by Crippen LogP contribution is 2.31. The summed E-state index contributed by atoms with van der Waals surface area (Å²) in [6.07, 6.45) is 5.81. The van der Waals surface area contributed by atoms with Crippen LogP contribution in [-0.2, 0) is 11.3 Å². The lowest BCUT2D eigenvalue weighted by molar-refractivity contribution is 0.0700. The number of aryl methyl sites for hydroxylation is 1. The van der Waals surface area contributed by atoms with Crippen LogP contribution in [0.25, 0.3) is 0 Å². The second-order valence-corrected chi connectivity index (χ2v) is 6.93. The first kappa shape index (κ1) is 16.9. The first-order chi connectivity index (χ1) is 12.8. The molecule has 0 aliphatic carbocycles. The molecule has 5 heteroatoms. The summed E-state index contributed by atoms with van der Waals surface area (Å²) in [5.41, 5.74) is 3.25. The van der Waals surface area contributed by atoms with Crippen LogP contribution in [0.2, 0.25) is 5.02 Å². The van der Waals surface area contributed by atoms with Crippen LogP contribution >= 0.6 is 11.6 Å². The van der Waals surface area contributed by atoms with Gasteiger partial charge in [-0.3, -0.25) is 4.68 Å². The number of halogens is 1. The Balaban J connectivity index is 1.61. The second-order valence-electron chi connectivity index (χ2n) is 6.49. The van der Waals surface area contributed by atoms with Gasteiger partial charge in [0, 0.05) is 28.9 Å². The van der Waals surface area contributed by atoms with Crippen molar-refractivity contribution in [2.45, 2.75) is 18.9 Å². The highest BCUT2D eigenvalue weighted by molar-refractivity contribution is 6.30. The van der Waals surface area contributed by atoms with Crippen molar-refractivity contribution in [2.75, 3.05) is 6.61 Å². The number of hydrogen-bond donors (Lipinski definition) is 0. The molecule has 2 unspecified atom stereocenters. The molecule has 2 heterocycles. The Labute approximate surface area is 158 Å². The van der Waals surface area contributed by atoms with Crippen molar-refractivity contribution in [3.8, 4) is 0 Å². The fourth-order valence-electron chi connectivity index (χ4n) is 3.44. The van der Waals surface area contributed by atoms with Crippen molar-refractivity contribution >= 4 is 17.3 Å². The van der Waals surface area contributed by atoms with Gasteiger partial charge in [0.1, 0.15) is 18.4 Å². The van der Waals surface area contributed by atoms with E-state index in [9.17, 15) is 0 Å². The number of oxime groups is 1.